The first-order valence-corrected chi connectivity index (χ1v) is 5.25. The summed E-state index contributed by atoms with van der Waals surface area (Å²) in [6.07, 6.45) is 0.724. The second kappa shape index (κ2) is 3.61. The number of nitrogens with two attached hydrogens (primary N) is 1. The topological polar surface area (TPSA) is 66.0 Å². The maximum Gasteiger partial charge on any atom is 0.175 e. The molecule has 0 bridgehead atoms. The van der Waals surface area contributed by atoms with Crippen LogP contribution in [0.25, 0.3) is 5.69 Å². The summed E-state index contributed by atoms with van der Waals surface area (Å²) in [6, 6.07) is 7.88. The van der Waals surface area contributed by atoms with Crippen LogP contribution < -0.4 is 10.5 Å². The summed E-state index contributed by atoms with van der Waals surface area (Å²) in [5.41, 5.74) is 6.56. The lowest BCUT2D eigenvalue weighted by molar-refractivity contribution is 0.278. The lowest BCUT2D eigenvalue weighted by atomic mass is 10.2. The summed E-state index contributed by atoms with van der Waals surface area (Å²) >= 11 is 0. The lowest BCUT2D eigenvalue weighted by Crippen LogP contribution is -2.16. The number of nitrogens with zero attached hydrogens (tertiary/aromatic N) is 3. The third-order valence-corrected chi connectivity index (χ3v) is 2.63. The van der Waals surface area contributed by atoms with Crippen LogP contribution in [0.3, 0.4) is 0 Å². The molecule has 0 aliphatic carbocycles. The summed E-state index contributed by atoms with van der Waals surface area (Å²) in [5.74, 6) is 2.60. The molecule has 2 heterocycles. The normalized spacial score (nSPS) is 12.8. The highest BCUT2D eigenvalue weighted by atomic mass is 16.5. The van der Waals surface area contributed by atoms with E-state index >= 15 is 0 Å². The molecular weight excluding hydrogens is 204 g/mol. The van der Waals surface area contributed by atoms with Crippen LogP contribution in [-0.2, 0) is 13.0 Å². The molecular formula is C11H12N4O. The van der Waals surface area contributed by atoms with Gasteiger partial charge in [0.25, 0.3) is 0 Å². The first-order valence-electron chi connectivity index (χ1n) is 5.25. The van der Waals surface area contributed by atoms with E-state index in [4.69, 9.17) is 10.5 Å². The second-order valence-corrected chi connectivity index (χ2v) is 3.66. The third-order valence-electron chi connectivity index (χ3n) is 2.63. The fourth-order valence-corrected chi connectivity index (χ4v) is 1.92. The van der Waals surface area contributed by atoms with Gasteiger partial charge in [0.05, 0.1) is 5.69 Å². The zero-order valence-electron chi connectivity index (χ0n) is 8.76. The van der Waals surface area contributed by atoms with E-state index in [1.165, 1.54) is 0 Å². The summed E-state index contributed by atoms with van der Waals surface area (Å²) in [7, 11) is 0. The molecule has 16 heavy (non-hydrogen) atoms. The lowest BCUT2D eigenvalue weighted by Gasteiger charge is -2.19. The van der Waals surface area contributed by atoms with Gasteiger partial charge in [-0.3, -0.25) is 4.57 Å². The van der Waals surface area contributed by atoms with Crippen molar-refractivity contribution in [2.45, 2.75) is 13.0 Å². The molecule has 0 unspecified atom stereocenters. The van der Waals surface area contributed by atoms with Gasteiger partial charge in [-0.05, 0) is 18.7 Å². The molecule has 0 atom stereocenters. The average Bonchev–Trinajstić information content (AvgIpc) is 2.73. The number of ether oxygens (including phenoxy) is 1. The van der Waals surface area contributed by atoms with E-state index in [2.05, 4.69) is 10.2 Å². The van der Waals surface area contributed by atoms with Crippen LogP contribution in [0.2, 0.25) is 0 Å². The van der Waals surface area contributed by atoms with E-state index < -0.39 is 0 Å². The number of rotatable bonds is 2. The van der Waals surface area contributed by atoms with Crippen molar-refractivity contribution >= 4 is 0 Å². The predicted octanol–water partition coefficient (Wildman–Crippen LogP) is 0.661. The van der Waals surface area contributed by atoms with E-state index in [0.29, 0.717) is 13.2 Å². The van der Waals surface area contributed by atoms with Crippen molar-refractivity contribution in [2.75, 3.05) is 6.54 Å². The van der Waals surface area contributed by atoms with Crippen molar-refractivity contribution in [1.82, 2.24) is 14.8 Å². The minimum absolute atomic E-state index is 0.467. The van der Waals surface area contributed by atoms with Crippen molar-refractivity contribution < 1.29 is 4.74 Å². The standard InChI is InChI=1S/C11H12N4O/c12-6-5-10-13-14-11-7-16-9-4-2-1-3-8(9)15(10)11/h1-4H,5-7,12H2. The SMILES string of the molecule is NCCc1nnc2n1-c1ccccc1OC2. The van der Waals surface area contributed by atoms with Crippen LogP contribution in [0.15, 0.2) is 24.3 Å². The van der Waals surface area contributed by atoms with Gasteiger partial charge < -0.3 is 10.5 Å². The second-order valence-electron chi connectivity index (χ2n) is 3.66. The van der Waals surface area contributed by atoms with E-state index in [1.54, 1.807) is 0 Å². The van der Waals surface area contributed by atoms with E-state index in [9.17, 15) is 0 Å². The van der Waals surface area contributed by atoms with Crippen molar-refractivity contribution in [3.05, 3.63) is 35.9 Å². The van der Waals surface area contributed by atoms with Crippen LogP contribution in [0, 0.1) is 0 Å². The summed E-state index contributed by atoms with van der Waals surface area (Å²) < 4.78 is 7.62. The minimum Gasteiger partial charge on any atom is -0.483 e. The minimum atomic E-state index is 0.467. The maximum absolute atomic E-state index is 5.59. The van der Waals surface area contributed by atoms with Crippen LogP contribution in [0.5, 0.6) is 5.75 Å². The Kier molecular flexibility index (Phi) is 2.11. The van der Waals surface area contributed by atoms with Gasteiger partial charge in [0, 0.05) is 6.42 Å². The molecule has 0 fully saturated rings. The van der Waals surface area contributed by atoms with Crippen molar-refractivity contribution in [3.8, 4) is 11.4 Å². The molecule has 0 spiro atoms. The number of para-hydroxylation sites is 2. The number of benzene rings is 1. The number of hydrogen-bond donors (Lipinski definition) is 1. The largest absolute Gasteiger partial charge is 0.483 e. The third kappa shape index (κ3) is 1.29. The van der Waals surface area contributed by atoms with Crippen LogP contribution >= 0.6 is 0 Å². The molecule has 1 aliphatic rings. The van der Waals surface area contributed by atoms with Gasteiger partial charge in [-0.25, -0.2) is 0 Å². The van der Waals surface area contributed by atoms with Gasteiger partial charge in [-0.15, -0.1) is 10.2 Å². The molecule has 3 rings (SSSR count). The van der Waals surface area contributed by atoms with Crippen LogP contribution in [0.4, 0.5) is 0 Å². The summed E-state index contributed by atoms with van der Waals surface area (Å²) in [5, 5.41) is 8.25. The molecule has 5 heteroatoms. The van der Waals surface area contributed by atoms with Crippen LogP contribution in [-0.4, -0.2) is 21.3 Å². The molecule has 0 amide bonds. The first-order chi connectivity index (χ1) is 7.90. The highest BCUT2D eigenvalue weighted by molar-refractivity contribution is 5.49. The molecule has 1 aromatic carbocycles. The van der Waals surface area contributed by atoms with E-state index in [0.717, 1.165) is 29.5 Å². The quantitative estimate of drug-likeness (QED) is 0.800. The van der Waals surface area contributed by atoms with Crippen molar-refractivity contribution in [3.63, 3.8) is 0 Å². The van der Waals surface area contributed by atoms with E-state index in [-0.39, 0.29) is 0 Å². The Morgan fingerprint density at radius 3 is 3.06 bits per heavy atom. The Morgan fingerprint density at radius 2 is 2.19 bits per heavy atom. The highest BCUT2D eigenvalue weighted by Crippen LogP contribution is 2.29. The van der Waals surface area contributed by atoms with Crippen LogP contribution in [0.1, 0.15) is 11.6 Å². The first kappa shape index (κ1) is 9.35. The Balaban J connectivity index is 2.17. The molecule has 1 aliphatic heterocycles. The maximum atomic E-state index is 5.59. The molecule has 82 valence electrons. The summed E-state index contributed by atoms with van der Waals surface area (Å²) in [4.78, 5) is 0. The fraction of sp³-hybridized carbons (Fsp3) is 0.273. The molecule has 2 aromatic rings. The molecule has 5 nitrogen and oxygen atoms in total. The molecule has 2 N–H and O–H groups in total. The average molecular weight is 216 g/mol. The van der Waals surface area contributed by atoms with Gasteiger partial charge in [-0.2, -0.15) is 0 Å². The molecule has 0 saturated heterocycles. The highest BCUT2D eigenvalue weighted by Gasteiger charge is 2.21. The summed E-state index contributed by atoms with van der Waals surface area (Å²) in [6.45, 7) is 1.04. The predicted molar refractivity (Wildman–Crippen MR) is 58.4 cm³/mol. The van der Waals surface area contributed by atoms with Gasteiger partial charge in [0.2, 0.25) is 0 Å². The molecule has 0 radical (unpaired) electrons. The fourth-order valence-electron chi connectivity index (χ4n) is 1.92. The number of fused-ring (bicyclic) bond motifs is 3. The van der Waals surface area contributed by atoms with Crippen molar-refractivity contribution in [2.24, 2.45) is 5.73 Å². The monoisotopic (exact) mass is 216 g/mol. The van der Waals surface area contributed by atoms with Gasteiger partial charge >= 0.3 is 0 Å². The smallest absolute Gasteiger partial charge is 0.175 e. The van der Waals surface area contributed by atoms with E-state index in [1.807, 2.05) is 28.8 Å². The Labute approximate surface area is 92.9 Å². The Morgan fingerprint density at radius 1 is 1.31 bits per heavy atom. The van der Waals surface area contributed by atoms with Gasteiger partial charge in [0.1, 0.15) is 18.2 Å². The number of hydrogen-bond acceptors (Lipinski definition) is 4. The van der Waals surface area contributed by atoms with Crippen molar-refractivity contribution in [1.29, 1.82) is 0 Å². The number of aromatic nitrogens is 3. The van der Waals surface area contributed by atoms with Gasteiger partial charge in [0.15, 0.2) is 5.82 Å². The zero-order chi connectivity index (χ0) is 11.0. The molecule has 0 saturated carbocycles. The Hall–Kier alpha value is -1.88. The zero-order valence-corrected chi connectivity index (χ0v) is 8.76. The van der Waals surface area contributed by atoms with Gasteiger partial charge in [-0.1, -0.05) is 12.1 Å². The molecule has 1 aromatic heterocycles. The Bertz CT molecular complexity index is 520.